The largest absolute Gasteiger partial charge is 0.329 e. The van der Waals surface area contributed by atoms with Crippen molar-refractivity contribution < 1.29 is 0 Å². The maximum absolute atomic E-state index is 5.78. The van der Waals surface area contributed by atoms with Crippen LogP contribution in [0, 0.1) is 6.92 Å². The van der Waals surface area contributed by atoms with Crippen LogP contribution in [0.4, 0.5) is 0 Å². The highest BCUT2D eigenvalue weighted by molar-refractivity contribution is 7.99. The molecular weight excluding hydrogens is 232 g/mol. The number of thioether (sulfide) groups is 1. The van der Waals surface area contributed by atoms with Gasteiger partial charge in [-0.15, -0.1) is 0 Å². The molecule has 0 fully saturated rings. The maximum atomic E-state index is 5.78. The van der Waals surface area contributed by atoms with Crippen LogP contribution in [0.25, 0.3) is 0 Å². The van der Waals surface area contributed by atoms with E-state index in [1.165, 1.54) is 0 Å². The summed E-state index contributed by atoms with van der Waals surface area (Å²) in [7, 11) is 0. The van der Waals surface area contributed by atoms with Crippen molar-refractivity contribution in [1.29, 1.82) is 0 Å². The predicted octanol–water partition coefficient (Wildman–Crippen LogP) is 1.97. The fraction of sp³-hybridized carbons (Fsp3) is 0.250. The fourth-order valence-corrected chi connectivity index (χ4v) is 2.24. The highest BCUT2D eigenvalue weighted by Gasteiger charge is 2.12. The maximum Gasteiger partial charge on any atom is 0.188 e. The van der Waals surface area contributed by atoms with Crippen LogP contribution in [0.1, 0.15) is 16.4 Å². The molecule has 2 aromatic rings. The summed E-state index contributed by atoms with van der Waals surface area (Å²) in [6.07, 6.45) is 7.21. The number of aryl methyl sites for hydroxylation is 1. The molecule has 0 aliphatic rings. The second kappa shape index (κ2) is 5.75. The van der Waals surface area contributed by atoms with Gasteiger partial charge in [-0.2, -0.15) is 0 Å². The molecule has 0 amide bonds. The topological polar surface area (TPSA) is 64.7 Å². The second-order valence-electron chi connectivity index (χ2n) is 3.67. The number of pyridine rings is 1. The molecule has 88 valence electrons. The molecule has 1 unspecified atom stereocenters. The van der Waals surface area contributed by atoms with Crippen LogP contribution < -0.4 is 5.73 Å². The van der Waals surface area contributed by atoms with Gasteiger partial charge in [-0.1, -0.05) is 17.8 Å². The zero-order valence-electron chi connectivity index (χ0n) is 9.58. The number of hydrogen-bond donors (Lipinski definition) is 1. The highest BCUT2D eigenvalue weighted by Crippen LogP contribution is 2.31. The zero-order valence-corrected chi connectivity index (χ0v) is 10.4. The third-order valence-electron chi connectivity index (χ3n) is 2.28. The van der Waals surface area contributed by atoms with Crippen molar-refractivity contribution >= 4 is 11.8 Å². The van der Waals surface area contributed by atoms with Crippen LogP contribution in [-0.4, -0.2) is 21.5 Å². The second-order valence-corrected chi connectivity index (χ2v) is 4.84. The lowest BCUT2D eigenvalue weighted by molar-refractivity contribution is 0.899. The third kappa shape index (κ3) is 3.25. The van der Waals surface area contributed by atoms with Crippen LogP contribution in [0.2, 0.25) is 0 Å². The number of nitrogens with two attached hydrogens (primary N) is 1. The lowest BCUT2D eigenvalue weighted by Crippen LogP contribution is -2.10. The minimum absolute atomic E-state index is 0.145. The first-order valence-corrected chi connectivity index (χ1v) is 6.23. The van der Waals surface area contributed by atoms with E-state index in [2.05, 4.69) is 15.0 Å². The fourth-order valence-electron chi connectivity index (χ4n) is 1.39. The Balaban J connectivity index is 2.13. The van der Waals surface area contributed by atoms with Crippen molar-refractivity contribution in [2.45, 2.75) is 17.3 Å². The van der Waals surface area contributed by atoms with Crippen LogP contribution in [0.3, 0.4) is 0 Å². The summed E-state index contributed by atoms with van der Waals surface area (Å²) >= 11 is 1.56. The Morgan fingerprint density at radius 2 is 2.06 bits per heavy atom. The van der Waals surface area contributed by atoms with E-state index in [1.54, 1.807) is 18.0 Å². The van der Waals surface area contributed by atoms with E-state index in [-0.39, 0.29) is 5.25 Å². The minimum Gasteiger partial charge on any atom is -0.329 e. The van der Waals surface area contributed by atoms with Gasteiger partial charge >= 0.3 is 0 Å². The molecule has 5 heteroatoms. The first kappa shape index (κ1) is 12.0. The molecule has 2 rings (SSSR count). The van der Waals surface area contributed by atoms with E-state index in [0.29, 0.717) is 6.54 Å². The van der Waals surface area contributed by atoms with Gasteiger partial charge in [-0.25, -0.2) is 9.97 Å². The molecule has 1 atom stereocenters. The summed E-state index contributed by atoms with van der Waals surface area (Å²) < 4.78 is 0. The van der Waals surface area contributed by atoms with Crippen molar-refractivity contribution in [3.8, 4) is 0 Å². The SMILES string of the molecule is Cc1cnc(SC(CN)c2cccnc2)nc1. The highest BCUT2D eigenvalue weighted by atomic mass is 32.2. The van der Waals surface area contributed by atoms with Gasteiger partial charge in [0.25, 0.3) is 0 Å². The normalized spacial score (nSPS) is 12.4. The minimum atomic E-state index is 0.145. The molecule has 2 aromatic heterocycles. The lowest BCUT2D eigenvalue weighted by atomic mass is 10.2. The molecule has 0 aliphatic carbocycles. The third-order valence-corrected chi connectivity index (χ3v) is 3.45. The first-order valence-electron chi connectivity index (χ1n) is 5.35. The van der Waals surface area contributed by atoms with Crippen molar-refractivity contribution in [1.82, 2.24) is 15.0 Å². The smallest absolute Gasteiger partial charge is 0.188 e. The standard InChI is InChI=1S/C12H14N4S/c1-9-6-15-12(16-7-9)17-11(5-13)10-3-2-4-14-8-10/h2-4,6-8,11H,5,13H2,1H3. The predicted molar refractivity (Wildman–Crippen MR) is 68.7 cm³/mol. The summed E-state index contributed by atoms with van der Waals surface area (Å²) in [6.45, 7) is 2.50. The van der Waals surface area contributed by atoms with Crippen LogP contribution in [-0.2, 0) is 0 Å². The summed E-state index contributed by atoms with van der Waals surface area (Å²) in [5, 5.41) is 0.890. The quantitative estimate of drug-likeness (QED) is 0.660. The molecule has 0 saturated heterocycles. The Hall–Kier alpha value is -1.46. The average molecular weight is 246 g/mol. The number of aromatic nitrogens is 3. The molecule has 0 radical (unpaired) electrons. The summed E-state index contributed by atoms with van der Waals surface area (Å²) in [6, 6.07) is 3.93. The molecule has 17 heavy (non-hydrogen) atoms. The van der Waals surface area contributed by atoms with E-state index in [0.717, 1.165) is 16.3 Å². The van der Waals surface area contributed by atoms with Gasteiger partial charge in [0.05, 0.1) is 5.25 Å². The van der Waals surface area contributed by atoms with Gasteiger partial charge in [-0.3, -0.25) is 4.98 Å². The summed E-state index contributed by atoms with van der Waals surface area (Å²) in [5.41, 5.74) is 7.94. The van der Waals surface area contributed by atoms with Crippen LogP contribution in [0.15, 0.2) is 42.1 Å². The van der Waals surface area contributed by atoms with Crippen molar-refractivity contribution in [3.05, 3.63) is 48.0 Å². The molecule has 2 heterocycles. The number of nitrogens with zero attached hydrogens (tertiary/aromatic N) is 3. The number of rotatable bonds is 4. The molecule has 0 aromatic carbocycles. The van der Waals surface area contributed by atoms with E-state index in [9.17, 15) is 0 Å². The lowest BCUT2D eigenvalue weighted by Gasteiger charge is -2.12. The van der Waals surface area contributed by atoms with Crippen molar-refractivity contribution in [3.63, 3.8) is 0 Å². The molecular formula is C12H14N4S. The average Bonchev–Trinajstić information content (AvgIpc) is 2.39. The molecule has 4 nitrogen and oxygen atoms in total. The molecule has 0 aliphatic heterocycles. The first-order chi connectivity index (χ1) is 8.29. The van der Waals surface area contributed by atoms with Crippen LogP contribution in [0.5, 0.6) is 0 Å². The van der Waals surface area contributed by atoms with E-state index in [4.69, 9.17) is 5.73 Å². The summed E-state index contributed by atoms with van der Waals surface area (Å²) in [4.78, 5) is 12.6. The van der Waals surface area contributed by atoms with Gasteiger partial charge in [0.2, 0.25) is 0 Å². The Bertz CT molecular complexity index is 458. The van der Waals surface area contributed by atoms with Gasteiger partial charge in [0.1, 0.15) is 0 Å². The van der Waals surface area contributed by atoms with E-state index < -0.39 is 0 Å². The van der Waals surface area contributed by atoms with Crippen LogP contribution >= 0.6 is 11.8 Å². The van der Waals surface area contributed by atoms with Gasteiger partial charge < -0.3 is 5.73 Å². The van der Waals surface area contributed by atoms with Crippen molar-refractivity contribution in [2.75, 3.05) is 6.54 Å². The Kier molecular flexibility index (Phi) is 4.06. The molecule has 0 spiro atoms. The van der Waals surface area contributed by atoms with Gasteiger partial charge in [-0.05, 0) is 24.1 Å². The Morgan fingerprint density at radius 3 is 2.65 bits per heavy atom. The van der Waals surface area contributed by atoms with E-state index >= 15 is 0 Å². The van der Waals surface area contributed by atoms with Crippen molar-refractivity contribution in [2.24, 2.45) is 5.73 Å². The Labute approximate surface area is 105 Å². The van der Waals surface area contributed by atoms with Gasteiger partial charge in [0, 0.05) is 31.3 Å². The molecule has 2 N–H and O–H groups in total. The Morgan fingerprint density at radius 1 is 1.29 bits per heavy atom. The van der Waals surface area contributed by atoms with E-state index in [1.807, 2.05) is 37.6 Å². The zero-order chi connectivity index (χ0) is 12.1. The monoisotopic (exact) mass is 246 g/mol. The van der Waals surface area contributed by atoms with Gasteiger partial charge in [0.15, 0.2) is 5.16 Å². The molecule has 0 bridgehead atoms. The molecule has 0 saturated carbocycles. The summed E-state index contributed by atoms with van der Waals surface area (Å²) in [5.74, 6) is 0. The number of hydrogen-bond acceptors (Lipinski definition) is 5.